The Kier molecular flexibility index (Phi) is 5.29. The molecular formula is C14H12BrN3O6. The van der Waals surface area contributed by atoms with Crippen LogP contribution in [0.3, 0.4) is 0 Å². The van der Waals surface area contributed by atoms with Crippen LogP contribution in [0.25, 0.3) is 0 Å². The van der Waals surface area contributed by atoms with Gasteiger partial charge in [-0.1, -0.05) is 5.16 Å². The standard InChI is InChI=1S/C14H12BrN3O6/c1-7-5-12(17-24-7)16-13(19)8(2)23-14(20)9-3-4-10(15)11(6-9)18(21)22/h3-6,8H,1-2H3,(H,16,17,19)/t8-/m0/s1. The minimum absolute atomic E-state index is 0.0400. The molecule has 0 saturated carbocycles. The maximum absolute atomic E-state index is 12.0. The van der Waals surface area contributed by atoms with Gasteiger partial charge in [-0.2, -0.15) is 0 Å². The molecular weight excluding hydrogens is 386 g/mol. The van der Waals surface area contributed by atoms with Crippen molar-refractivity contribution in [3.8, 4) is 0 Å². The first-order chi connectivity index (χ1) is 11.3. The lowest BCUT2D eigenvalue weighted by atomic mass is 10.2. The lowest BCUT2D eigenvalue weighted by Crippen LogP contribution is -2.30. The van der Waals surface area contributed by atoms with Crippen LogP contribution in [0.4, 0.5) is 11.5 Å². The van der Waals surface area contributed by atoms with E-state index in [0.717, 1.165) is 6.07 Å². The summed E-state index contributed by atoms with van der Waals surface area (Å²) in [7, 11) is 0. The molecule has 126 valence electrons. The summed E-state index contributed by atoms with van der Waals surface area (Å²) in [6, 6.07) is 5.28. The first kappa shape index (κ1) is 17.6. The predicted octanol–water partition coefficient (Wildman–Crippen LogP) is 2.84. The van der Waals surface area contributed by atoms with E-state index in [0.29, 0.717) is 5.76 Å². The summed E-state index contributed by atoms with van der Waals surface area (Å²) >= 11 is 3.02. The van der Waals surface area contributed by atoms with E-state index in [4.69, 9.17) is 9.26 Å². The summed E-state index contributed by atoms with van der Waals surface area (Å²) in [5.74, 6) is -0.760. The number of rotatable bonds is 5. The van der Waals surface area contributed by atoms with Gasteiger partial charge in [0.25, 0.3) is 11.6 Å². The Bertz CT molecular complexity index is 804. The molecule has 0 bridgehead atoms. The van der Waals surface area contributed by atoms with Crippen LogP contribution < -0.4 is 5.32 Å². The van der Waals surface area contributed by atoms with E-state index in [1.165, 1.54) is 25.1 Å². The molecule has 2 aromatic rings. The SMILES string of the molecule is Cc1cc(NC(=O)[C@H](C)OC(=O)c2ccc(Br)c([N+](=O)[O-])c2)no1. The molecule has 1 aromatic carbocycles. The normalized spacial score (nSPS) is 11.6. The van der Waals surface area contributed by atoms with Gasteiger partial charge in [0, 0.05) is 12.1 Å². The number of aromatic nitrogens is 1. The minimum Gasteiger partial charge on any atom is -0.449 e. The van der Waals surface area contributed by atoms with Gasteiger partial charge in [-0.05, 0) is 41.9 Å². The summed E-state index contributed by atoms with van der Waals surface area (Å²) in [5, 5.41) is 16.9. The van der Waals surface area contributed by atoms with Crippen LogP contribution in [-0.2, 0) is 9.53 Å². The largest absolute Gasteiger partial charge is 0.449 e. The molecule has 0 unspecified atom stereocenters. The van der Waals surface area contributed by atoms with Gasteiger partial charge < -0.3 is 14.6 Å². The number of hydrogen-bond acceptors (Lipinski definition) is 7. The molecule has 1 N–H and O–H groups in total. The van der Waals surface area contributed by atoms with Gasteiger partial charge in [0.05, 0.1) is 15.0 Å². The first-order valence-electron chi connectivity index (χ1n) is 6.67. The quantitative estimate of drug-likeness (QED) is 0.466. The number of amides is 1. The highest BCUT2D eigenvalue weighted by atomic mass is 79.9. The topological polar surface area (TPSA) is 125 Å². The minimum atomic E-state index is -1.13. The number of nitrogens with one attached hydrogen (secondary N) is 1. The fraction of sp³-hybridized carbons (Fsp3) is 0.214. The highest BCUT2D eigenvalue weighted by Gasteiger charge is 2.22. The van der Waals surface area contributed by atoms with Crippen molar-refractivity contribution in [2.75, 3.05) is 5.32 Å². The molecule has 0 fully saturated rings. The van der Waals surface area contributed by atoms with E-state index in [9.17, 15) is 19.7 Å². The van der Waals surface area contributed by atoms with Crippen molar-refractivity contribution in [3.05, 3.63) is 50.2 Å². The van der Waals surface area contributed by atoms with Crippen LogP contribution in [0.5, 0.6) is 0 Å². The molecule has 1 atom stereocenters. The van der Waals surface area contributed by atoms with Gasteiger partial charge in [0.1, 0.15) is 5.76 Å². The first-order valence-corrected chi connectivity index (χ1v) is 7.46. The third-order valence-corrected chi connectivity index (χ3v) is 3.58. The zero-order valence-electron chi connectivity index (χ0n) is 12.6. The number of esters is 1. The van der Waals surface area contributed by atoms with Crippen molar-refractivity contribution >= 4 is 39.3 Å². The molecule has 0 spiro atoms. The van der Waals surface area contributed by atoms with Crippen LogP contribution >= 0.6 is 15.9 Å². The molecule has 1 heterocycles. The van der Waals surface area contributed by atoms with Crippen molar-refractivity contribution in [2.24, 2.45) is 0 Å². The van der Waals surface area contributed by atoms with E-state index in [1.54, 1.807) is 6.92 Å². The lowest BCUT2D eigenvalue weighted by molar-refractivity contribution is -0.385. The molecule has 0 aliphatic carbocycles. The molecule has 9 nitrogen and oxygen atoms in total. The maximum Gasteiger partial charge on any atom is 0.339 e. The number of nitro benzene ring substituents is 1. The molecule has 10 heteroatoms. The number of ether oxygens (including phenoxy) is 1. The van der Waals surface area contributed by atoms with E-state index in [-0.39, 0.29) is 21.5 Å². The highest BCUT2D eigenvalue weighted by molar-refractivity contribution is 9.10. The third kappa shape index (κ3) is 4.16. The number of hydrogen-bond donors (Lipinski definition) is 1. The number of anilines is 1. The van der Waals surface area contributed by atoms with Gasteiger partial charge in [0.15, 0.2) is 11.9 Å². The average molecular weight is 398 g/mol. The molecule has 0 radical (unpaired) electrons. The third-order valence-electron chi connectivity index (χ3n) is 2.91. The van der Waals surface area contributed by atoms with Crippen molar-refractivity contribution in [3.63, 3.8) is 0 Å². The summed E-state index contributed by atoms with van der Waals surface area (Å²) in [6.07, 6.45) is -1.13. The fourth-order valence-electron chi connectivity index (χ4n) is 1.71. The summed E-state index contributed by atoms with van der Waals surface area (Å²) in [4.78, 5) is 34.2. The molecule has 0 aliphatic rings. The Hall–Kier alpha value is -2.75. The second-order valence-electron chi connectivity index (χ2n) is 4.78. The van der Waals surface area contributed by atoms with Crippen LogP contribution in [0, 0.1) is 17.0 Å². The Labute approximate surface area is 144 Å². The monoisotopic (exact) mass is 397 g/mol. The Morgan fingerprint density at radius 3 is 2.71 bits per heavy atom. The van der Waals surface area contributed by atoms with Gasteiger partial charge >= 0.3 is 5.97 Å². The van der Waals surface area contributed by atoms with Crippen LogP contribution in [0.2, 0.25) is 0 Å². The zero-order valence-corrected chi connectivity index (χ0v) is 14.2. The zero-order chi connectivity index (χ0) is 17.9. The molecule has 2 rings (SSSR count). The second-order valence-corrected chi connectivity index (χ2v) is 5.64. The van der Waals surface area contributed by atoms with Crippen LogP contribution in [0.15, 0.2) is 33.3 Å². The van der Waals surface area contributed by atoms with Gasteiger partial charge in [-0.3, -0.25) is 14.9 Å². The second kappa shape index (κ2) is 7.21. The Balaban J connectivity index is 2.04. The summed E-state index contributed by atoms with van der Waals surface area (Å²) in [5.41, 5.74) is -0.318. The van der Waals surface area contributed by atoms with E-state index in [1.807, 2.05) is 0 Å². The molecule has 1 aromatic heterocycles. The number of aryl methyl sites for hydroxylation is 1. The van der Waals surface area contributed by atoms with Crippen molar-refractivity contribution in [1.29, 1.82) is 0 Å². The molecule has 0 aliphatic heterocycles. The molecule has 24 heavy (non-hydrogen) atoms. The molecule has 1 amide bonds. The van der Waals surface area contributed by atoms with Crippen molar-refractivity contribution in [2.45, 2.75) is 20.0 Å². The maximum atomic E-state index is 12.0. The van der Waals surface area contributed by atoms with Crippen LogP contribution in [-0.4, -0.2) is 28.1 Å². The Morgan fingerprint density at radius 1 is 1.42 bits per heavy atom. The number of nitro groups is 1. The van der Waals surface area contributed by atoms with Gasteiger partial charge in [0.2, 0.25) is 0 Å². The highest BCUT2D eigenvalue weighted by Crippen LogP contribution is 2.26. The smallest absolute Gasteiger partial charge is 0.339 e. The fourth-order valence-corrected chi connectivity index (χ4v) is 2.11. The number of carbonyl (C=O) groups excluding carboxylic acids is 2. The van der Waals surface area contributed by atoms with Crippen molar-refractivity contribution in [1.82, 2.24) is 5.16 Å². The van der Waals surface area contributed by atoms with Crippen LogP contribution in [0.1, 0.15) is 23.0 Å². The van der Waals surface area contributed by atoms with Crippen molar-refractivity contribution < 1.29 is 23.8 Å². The average Bonchev–Trinajstić information content (AvgIpc) is 2.92. The van der Waals surface area contributed by atoms with Gasteiger partial charge in [-0.15, -0.1) is 0 Å². The molecule has 0 saturated heterocycles. The predicted molar refractivity (Wildman–Crippen MR) is 85.5 cm³/mol. The number of nitrogens with zero attached hydrogens (tertiary/aromatic N) is 2. The van der Waals surface area contributed by atoms with E-state index >= 15 is 0 Å². The Morgan fingerprint density at radius 2 is 2.12 bits per heavy atom. The summed E-state index contributed by atoms with van der Waals surface area (Å²) in [6.45, 7) is 3.03. The van der Waals surface area contributed by atoms with E-state index < -0.39 is 22.9 Å². The lowest BCUT2D eigenvalue weighted by Gasteiger charge is -2.12. The number of halogens is 1. The number of benzene rings is 1. The van der Waals surface area contributed by atoms with Gasteiger partial charge in [-0.25, -0.2) is 4.79 Å². The summed E-state index contributed by atoms with van der Waals surface area (Å²) < 4.78 is 10.0. The van der Waals surface area contributed by atoms with E-state index in [2.05, 4.69) is 26.4 Å². The number of carbonyl (C=O) groups is 2.